The van der Waals surface area contributed by atoms with Gasteiger partial charge in [-0.25, -0.2) is 4.98 Å². The number of hydrogen-bond acceptors (Lipinski definition) is 5. The van der Waals surface area contributed by atoms with Crippen LogP contribution in [0, 0.1) is 0 Å². The molecule has 1 aromatic heterocycles. The third kappa shape index (κ3) is 5.89. The van der Waals surface area contributed by atoms with Gasteiger partial charge in [-0.2, -0.15) is 0 Å². The topological polar surface area (TPSA) is 77.6 Å². The van der Waals surface area contributed by atoms with E-state index in [4.69, 9.17) is 0 Å². The van der Waals surface area contributed by atoms with Crippen molar-refractivity contribution in [3.05, 3.63) is 48.2 Å². The molecule has 7 nitrogen and oxygen atoms in total. The van der Waals surface area contributed by atoms with Crippen LogP contribution in [-0.2, 0) is 4.79 Å². The molecular formula is C24H33N5O2. The third-order valence-corrected chi connectivity index (χ3v) is 5.63. The van der Waals surface area contributed by atoms with Crippen molar-refractivity contribution in [2.75, 3.05) is 42.9 Å². The van der Waals surface area contributed by atoms with E-state index in [1.165, 1.54) is 12.8 Å². The summed E-state index contributed by atoms with van der Waals surface area (Å²) < 4.78 is 0. The Kier molecular flexibility index (Phi) is 8.55. The number of benzene rings is 1. The molecule has 1 aliphatic heterocycles. The summed E-state index contributed by atoms with van der Waals surface area (Å²) >= 11 is 0. The van der Waals surface area contributed by atoms with Gasteiger partial charge in [-0.1, -0.05) is 38.8 Å². The predicted octanol–water partition coefficient (Wildman–Crippen LogP) is 3.80. The normalized spacial score (nSPS) is 12.9. The third-order valence-electron chi connectivity index (χ3n) is 5.63. The molecule has 0 atom stereocenters. The first-order chi connectivity index (χ1) is 15.2. The zero-order valence-electron chi connectivity index (χ0n) is 18.6. The van der Waals surface area contributed by atoms with Gasteiger partial charge in [0.25, 0.3) is 5.91 Å². The van der Waals surface area contributed by atoms with Crippen LogP contribution in [-0.4, -0.2) is 54.4 Å². The first-order valence-electron chi connectivity index (χ1n) is 11.3. The van der Waals surface area contributed by atoms with Crippen LogP contribution in [0.25, 0.3) is 0 Å². The summed E-state index contributed by atoms with van der Waals surface area (Å²) in [4.78, 5) is 34.1. The fraction of sp³-hybridized carbons (Fsp3) is 0.458. The highest BCUT2D eigenvalue weighted by Gasteiger charge is 2.29. The van der Waals surface area contributed by atoms with Gasteiger partial charge in [0.1, 0.15) is 0 Å². The summed E-state index contributed by atoms with van der Waals surface area (Å²) in [6.45, 7) is 8.76. The van der Waals surface area contributed by atoms with Crippen molar-refractivity contribution in [1.82, 2.24) is 15.2 Å². The molecule has 31 heavy (non-hydrogen) atoms. The lowest BCUT2D eigenvalue weighted by atomic mass is 10.1. The van der Waals surface area contributed by atoms with E-state index in [0.717, 1.165) is 39.0 Å². The fourth-order valence-corrected chi connectivity index (χ4v) is 3.84. The van der Waals surface area contributed by atoms with Gasteiger partial charge in [0, 0.05) is 6.20 Å². The van der Waals surface area contributed by atoms with E-state index in [1.807, 2.05) is 6.07 Å². The predicted molar refractivity (Wildman–Crippen MR) is 125 cm³/mol. The standard InChI is InChI=1S/C24H33N5O2/c1-3-28(4-2)17-10-6-5-9-15-25-18-22(30)29-21-14-8-7-12-19(21)24(31)27-20-13-11-16-26-23(20)29/h7-8,11-14,16,25H,3-6,9-10,15,17-18H2,1-2H3,(H,27,31). The highest BCUT2D eigenvalue weighted by Crippen LogP contribution is 2.35. The lowest BCUT2D eigenvalue weighted by Crippen LogP contribution is -2.36. The van der Waals surface area contributed by atoms with Crippen molar-refractivity contribution in [2.24, 2.45) is 0 Å². The molecule has 2 heterocycles. The van der Waals surface area contributed by atoms with E-state index in [1.54, 1.807) is 41.4 Å². The number of fused-ring (bicyclic) bond motifs is 2. The second-order valence-corrected chi connectivity index (χ2v) is 7.69. The zero-order chi connectivity index (χ0) is 22.1. The number of amides is 2. The summed E-state index contributed by atoms with van der Waals surface area (Å²) in [6, 6.07) is 10.6. The lowest BCUT2D eigenvalue weighted by molar-refractivity contribution is -0.117. The van der Waals surface area contributed by atoms with E-state index < -0.39 is 0 Å². The number of anilines is 3. The average Bonchev–Trinajstić information content (AvgIpc) is 2.92. The molecule has 0 spiro atoms. The molecule has 0 unspecified atom stereocenters. The van der Waals surface area contributed by atoms with Crippen LogP contribution in [0.3, 0.4) is 0 Å². The molecule has 7 heteroatoms. The molecule has 3 rings (SSSR count). The number of nitrogens with zero attached hydrogens (tertiary/aromatic N) is 3. The number of para-hydroxylation sites is 1. The molecule has 0 aliphatic carbocycles. The molecule has 0 saturated heterocycles. The van der Waals surface area contributed by atoms with Gasteiger partial charge in [-0.05, 0) is 63.3 Å². The Hall–Kier alpha value is -2.77. The highest BCUT2D eigenvalue weighted by molar-refractivity contribution is 6.17. The number of unbranched alkanes of at least 4 members (excludes halogenated alkanes) is 3. The molecule has 0 fully saturated rings. The monoisotopic (exact) mass is 423 g/mol. The van der Waals surface area contributed by atoms with Gasteiger partial charge in [0.15, 0.2) is 5.82 Å². The second kappa shape index (κ2) is 11.6. The maximum absolute atomic E-state index is 13.1. The molecule has 1 aliphatic rings. The minimum atomic E-state index is -0.238. The molecule has 1 aromatic carbocycles. The van der Waals surface area contributed by atoms with Crippen molar-refractivity contribution in [1.29, 1.82) is 0 Å². The van der Waals surface area contributed by atoms with Crippen molar-refractivity contribution in [3.8, 4) is 0 Å². The molecule has 166 valence electrons. The summed E-state index contributed by atoms with van der Waals surface area (Å²) in [6.07, 6.45) is 6.24. The molecular weight excluding hydrogens is 390 g/mol. The van der Waals surface area contributed by atoms with E-state index in [9.17, 15) is 9.59 Å². The van der Waals surface area contributed by atoms with Crippen molar-refractivity contribution in [2.45, 2.75) is 39.5 Å². The van der Waals surface area contributed by atoms with Gasteiger partial charge < -0.3 is 15.5 Å². The Balaban J connectivity index is 1.55. The van der Waals surface area contributed by atoms with Gasteiger partial charge in [0.05, 0.1) is 23.5 Å². The number of hydrogen-bond donors (Lipinski definition) is 2. The fourth-order valence-electron chi connectivity index (χ4n) is 3.84. The zero-order valence-corrected chi connectivity index (χ0v) is 18.6. The number of carbonyl (C=O) groups is 2. The van der Waals surface area contributed by atoms with Crippen LogP contribution >= 0.6 is 0 Å². The van der Waals surface area contributed by atoms with Gasteiger partial charge in [-0.3, -0.25) is 14.5 Å². The van der Waals surface area contributed by atoms with Gasteiger partial charge in [-0.15, -0.1) is 0 Å². The first-order valence-corrected chi connectivity index (χ1v) is 11.3. The Morgan fingerprint density at radius 1 is 1.06 bits per heavy atom. The van der Waals surface area contributed by atoms with Crippen LogP contribution < -0.4 is 15.5 Å². The van der Waals surface area contributed by atoms with E-state index >= 15 is 0 Å². The number of pyridine rings is 1. The van der Waals surface area contributed by atoms with Crippen LogP contribution in [0.15, 0.2) is 42.6 Å². The average molecular weight is 424 g/mol. The number of aromatic nitrogens is 1. The summed E-state index contributed by atoms with van der Waals surface area (Å²) in [7, 11) is 0. The number of rotatable bonds is 11. The van der Waals surface area contributed by atoms with Crippen LogP contribution in [0.2, 0.25) is 0 Å². The molecule has 2 amide bonds. The van der Waals surface area contributed by atoms with E-state index in [-0.39, 0.29) is 18.4 Å². The molecule has 2 aromatic rings. The quantitative estimate of drug-likeness (QED) is 0.538. The maximum atomic E-state index is 13.1. The molecule has 2 N–H and O–H groups in total. The Morgan fingerprint density at radius 3 is 2.65 bits per heavy atom. The Bertz CT molecular complexity index is 882. The minimum Gasteiger partial charge on any atom is -0.319 e. The largest absolute Gasteiger partial charge is 0.319 e. The smallest absolute Gasteiger partial charge is 0.257 e. The van der Waals surface area contributed by atoms with Gasteiger partial charge in [0.2, 0.25) is 5.91 Å². The molecule has 0 radical (unpaired) electrons. The summed E-state index contributed by atoms with van der Waals surface area (Å²) in [5.41, 5.74) is 1.55. The Labute approximate surface area is 184 Å². The summed E-state index contributed by atoms with van der Waals surface area (Å²) in [5.74, 6) is 0.0762. The minimum absolute atomic E-state index is 0.134. The maximum Gasteiger partial charge on any atom is 0.257 e. The first kappa shape index (κ1) is 22.9. The number of carbonyl (C=O) groups excluding carboxylic acids is 2. The van der Waals surface area contributed by atoms with Crippen LogP contribution in [0.4, 0.5) is 17.2 Å². The lowest BCUT2D eigenvalue weighted by Gasteiger charge is -2.23. The van der Waals surface area contributed by atoms with E-state index in [2.05, 4.69) is 34.4 Å². The van der Waals surface area contributed by atoms with Crippen molar-refractivity contribution >= 4 is 29.0 Å². The highest BCUT2D eigenvalue weighted by atomic mass is 16.2. The van der Waals surface area contributed by atoms with Crippen molar-refractivity contribution < 1.29 is 9.59 Å². The Morgan fingerprint density at radius 2 is 1.84 bits per heavy atom. The number of nitrogens with one attached hydrogen (secondary N) is 2. The molecule has 0 bridgehead atoms. The molecule has 0 saturated carbocycles. The van der Waals surface area contributed by atoms with Gasteiger partial charge >= 0.3 is 0 Å². The second-order valence-electron chi connectivity index (χ2n) is 7.69. The van der Waals surface area contributed by atoms with Crippen LogP contribution in [0.1, 0.15) is 49.9 Å². The van der Waals surface area contributed by atoms with E-state index in [0.29, 0.717) is 22.8 Å². The van der Waals surface area contributed by atoms with Crippen molar-refractivity contribution in [3.63, 3.8) is 0 Å². The summed E-state index contributed by atoms with van der Waals surface area (Å²) in [5, 5.41) is 6.12. The van der Waals surface area contributed by atoms with Crippen LogP contribution in [0.5, 0.6) is 0 Å². The SMILES string of the molecule is CCN(CC)CCCCCCNCC(=O)N1c2ccccc2C(=O)Nc2cccnc21.